The Bertz CT molecular complexity index is 1800. The number of carbonyl (C=O) groups excluding carboxylic acids is 1. The van der Waals surface area contributed by atoms with E-state index in [0.29, 0.717) is 28.7 Å². The molecule has 1 amide bonds. The van der Waals surface area contributed by atoms with E-state index in [1.165, 1.54) is 28.6 Å². The lowest BCUT2D eigenvalue weighted by atomic mass is 9.78. The molecule has 2 N–H and O–H groups in total. The van der Waals surface area contributed by atoms with Crippen molar-refractivity contribution in [2.75, 3.05) is 13.7 Å². The summed E-state index contributed by atoms with van der Waals surface area (Å²) in [4.78, 5) is 12.6. The van der Waals surface area contributed by atoms with Crippen LogP contribution in [0.2, 0.25) is 0 Å². The van der Waals surface area contributed by atoms with Crippen LogP contribution >= 0.6 is 0 Å². The van der Waals surface area contributed by atoms with Gasteiger partial charge >= 0.3 is 7.12 Å². The predicted octanol–water partition coefficient (Wildman–Crippen LogP) is 5.36. The summed E-state index contributed by atoms with van der Waals surface area (Å²) in [5, 5.41) is 0.555. The molecule has 0 radical (unpaired) electrons. The molecule has 1 saturated carbocycles. The lowest BCUT2D eigenvalue weighted by Crippen LogP contribution is -2.41. The summed E-state index contributed by atoms with van der Waals surface area (Å²) < 4.78 is 64.2. The number of nitrogens with two attached hydrogens (primary N) is 1. The Morgan fingerprint density at radius 3 is 2.33 bits per heavy atom. The van der Waals surface area contributed by atoms with Gasteiger partial charge < -0.3 is 28.7 Å². The zero-order valence-corrected chi connectivity index (χ0v) is 27.4. The normalized spacial score (nSPS) is 18.0. The first kappa shape index (κ1) is 32.4. The van der Waals surface area contributed by atoms with Crippen LogP contribution in [0.15, 0.2) is 59.0 Å². The van der Waals surface area contributed by atoms with Crippen molar-refractivity contribution < 1.29 is 36.4 Å². The quantitative estimate of drug-likeness (QED) is 0.172. The number of methoxy groups -OCH3 is 1. The minimum atomic E-state index is -2.52. The number of benzene rings is 3. The maximum Gasteiger partial charge on any atom is 0.494 e. The third-order valence-corrected chi connectivity index (χ3v) is 10.1. The summed E-state index contributed by atoms with van der Waals surface area (Å²) in [7, 11) is 1.03. The van der Waals surface area contributed by atoms with Crippen molar-refractivity contribution in [1.29, 1.82) is 0 Å². The van der Waals surface area contributed by atoms with Gasteiger partial charge in [0.25, 0.3) is 5.91 Å². The molecule has 2 fully saturated rings. The van der Waals surface area contributed by atoms with Crippen molar-refractivity contribution in [3.8, 4) is 17.1 Å². The molecule has 242 valence electrons. The van der Waals surface area contributed by atoms with E-state index in [9.17, 15) is 17.9 Å². The molecular weight excluding hydrogens is 610 g/mol. The van der Waals surface area contributed by atoms with E-state index in [4.69, 9.17) is 24.2 Å². The van der Waals surface area contributed by atoms with Crippen LogP contribution in [0.1, 0.15) is 73.5 Å². The highest BCUT2D eigenvalue weighted by molar-refractivity contribution is 7.76. The van der Waals surface area contributed by atoms with Crippen LogP contribution in [0.4, 0.5) is 4.39 Å². The van der Waals surface area contributed by atoms with Crippen molar-refractivity contribution in [2.45, 2.75) is 70.6 Å². The Labute approximate surface area is 270 Å². The van der Waals surface area contributed by atoms with Crippen LogP contribution in [-0.2, 0) is 33.5 Å². The van der Waals surface area contributed by atoms with Gasteiger partial charge in [-0.05, 0) is 117 Å². The van der Waals surface area contributed by atoms with Gasteiger partial charge in [-0.25, -0.2) is 8.70 Å². The second kappa shape index (κ2) is 12.2. The molecule has 1 aromatic heterocycles. The van der Waals surface area contributed by atoms with Gasteiger partial charge in [0.2, 0.25) is 0 Å². The Morgan fingerprint density at radius 2 is 1.74 bits per heavy atom. The minimum Gasteiger partial charge on any atom is -0.760 e. The highest BCUT2D eigenvalue weighted by Crippen LogP contribution is 2.45. The molecule has 1 aliphatic heterocycles. The highest BCUT2D eigenvalue weighted by Gasteiger charge is 2.51. The topological polar surface area (TPSA) is 127 Å². The lowest BCUT2D eigenvalue weighted by molar-refractivity contribution is 0.00578. The number of ether oxygens (including phenoxy) is 1. The second-order valence-electron chi connectivity index (χ2n) is 13.0. The summed E-state index contributed by atoms with van der Waals surface area (Å²) in [5.41, 5.74) is 9.38. The van der Waals surface area contributed by atoms with Crippen molar-refractivity contribution in [3.05, 3.63) is 82.7 Å². The SMILES string of the molecule is COc1cc(B2OC(C)(C)C(C)(C)O2)ccc1CCN(Cc1cc2oc(-c3ccc(F)cc3)c(C(N)=O)c2cc1C1CC1)S(=O)[O-]. The van der Waals surface area contributed by atoms with Gasteiger partial charge in [0.05, 0.1) is 23.9 Å². The Hall–Kier alpha value is -3.55. The molecule has 46 heavy (non-hydrogen) atoms. The third-order valence-electron chi connectivity index (χ3n) is 9.34. The molecule has 0 spiro atoms. The summed E-state index contributed by atoms with van der Waals surface area (Å²) >= 11 is -2.52. The number of amides is 1. The van der Waals surface area contributed by atoms with E-state index in [1.54, 1.807) is 13.2 Å². The number of fused-ring (bicyclic) bond motifs is 1. The Kier molecular flexibility index (Phi) is 8.62. The van der Waals surface area contributed by atoms with Crippen molar-refractivity contribution in [2.24, 2.45) is 5.73 Å². The van der Waals surface area contributed by atoms with Crippen molar-refractivity contribution in [3.63, 3.8) is 0 Å². The zero-order chi connectivity index (χ0) is 33.0. The van der Waals surface area contributed by atoms with Crippen LogP contribution < -0.4 is 15.9 Å². The smallest absolute Gasteiger partial charge is 0.494 e. The number of halogens is 1. The van der Waals surface area contributed by atoms with E-state index in [-0.39, 0.29) is 30.3 Å². The predicted molar refractivity (Wildman–Crippen MR) is 174 cm³/mol. The van der Waals surface area contributed by atoms with E-state index in [0.717, 1.165) is 35.0 Å². The van der Waals surface area contributed by atoms with Gasteiger partial charge in [0.15, 0.2) is 0 Å². The zero-order valence-electron chi connectivity index (χ0n) is 26.6. The van der Waals surface area contributed by atoms with Gasteiger partial charge in [-0.3, -0.25) is 9.00 Å². The number of nitrogens with zero attached hydrogens (tertiary/aromatic N) is 1. The van der Waals surface area contributed by atoms with Crippen molar-refractivity contribution >= 4 is 40.7 Å². The molecule has 2 aliphatic rings. The third kappa shape index (κ3) is 6.24. The molecule has 9 nitrogen and oxygen atoms in total. The van der Waals surface area contributed by atoms with E-state index >= 15 is 0 Å². The average Bonchev–Trinajstić information content (AvgIpc) is 3.73. The van der Waals surface area contributed by atoms with Gasteiger partial charge in [0.1, 0.15) is 22.9 Å². The van der Waals surface area contributed by atoms with E-state index in [2.05, 4.69) is 0 Å². The second-order valence-corrected chi connectivity index (χ2v) is 13.9. The summed E-state index contributed by atoms with van der Waals surface area (Å²) in [6, 6.07) is 15.0. The fourth-order valence-electron chi connectivity index (χ4n) is 5.90. The van der Waals surface area contributed by atoms with Gasteiger partial charge in [-0.15, -0.1) is 0 Å². The molecule has 1 saturated heterocycles. The standard InChI is InChI=1S/C34H38BFN2O7S/c1-33(2)34(3,4)45-35(44-33)24-11-8-21(28(17-24)42-5)14-15-38(46(40)41)19-23-16-29-27(18-26(23)20-6-7-20)30(32(37)39)31(43-29)22-9-12-25(36)13-10-22/h8-13,16-18,20H,6-7,14-15,19H2,1-5H3,(H2,37,39)(H,40,41)/p-1. The number of hydrogen-bond donors (Lipinski definition) is 1. The molecule has 1 atom stereocenters. The first-order valence-corrected chi connectivity index (χ1v) is 16.3. The molecular formula is C34H37BFN2O7S-. The molecule has 2 heterocycles. The molecule has 6 rings (SSSR count). The highest BCUT2D eigenvalue weighted by atomic mass is 32.2. The molecule has 12 heteroatoms. The fraction of sp³-hybridized carbons (Fsp3) is 0.382. The Balaban J connectivity index is 1.26. The van der Waals surface area contributed by atoms with Gasteiger partial charge in [-0.1, -0.05) is 12.1 Å². The fourth-order valence-corrected chi connectivity index (χ4v) is 6.38. The maximum atomic E-state index is 13.6. The summed E-state index contributed by atoms with van der Waals surface area (Å²) in [6.45, 7) is 8.30. The van der Waals surface area contributed by atoms with Crippen LogP contribution in [-0.4, -0.2) is 50.9 Å². The minimum absolute atomic E-state index is 0.116. The van der Waals surface area contributed by atoms with Crippen LogP contribution in [0.25, 0.3) is 22.3 Å². The Morgan fingerprint density at radius 1 is 1.07 bits per heavy atom. The van der Waals surface area contributed by atoms with Gasteiger partial charge in [-0.2, -0.15) is 0 Å². The maximum absolute atomic E-state index is 13.6. The number of carbonyl (C=O) groups is 1. The molecule has 4 aromatic rings. The summed E-state index contributed by atoms with van der Waals surface area (Å²) in [6.07, 6.45) is 2.32. The summed E-state index contributed by atoms with van der Waals surface area (Å²) in [5.74, 6) is 0.0405. The number of rotatable bonds is 11. The molecule has 0 bridgehead atoms. The molecule has 1 aliphatic carbocycles. The lowest BCUT2D eigenvalue weighted by Gasteiger charge is -2.32. The molecule has 3 aromatic carbocycles. The largest absolute Gasteiger partial charge is 0.760 e. The number of primary amides is 1. The number of hydrogen-bond acceptors (Lipinski definition) is 7. The van der Waals surface area contributed by atoms with Crippen molar-refractivity contribution in [1.82, 2.24) is 4.31 Å². The first-order chi connectivity index (χ1) is 21.8. The monoisotopic (exact) mass is 647 g/mol. The van der Waals surface area contributed by atoms with E-state index < -0.39 is 41.3 Å². The first-order valence-electron chi connectivity index (χ1n) is 15.3. The number of furan rings is 1. The van der Waals surface area contributed by atoms with Crippen LogP contribution in [0, 0.1) is 5.82 Å². The average molecular weight is 648 g/mol. The molecule has 1 unspecified atom stereocenters. The van der Waals surface area contributed by atoms with Gasteiger partial charge in [0, 0.05) is 35.3 Å². The van der Waals surface area contributed by atoms with E-state index in [1.807, 2.05) is 52.0 Å². The van der Waals surface area contributed by atoms with Crippen LogP contribution in [0.3, 0.4) is 0 Å². The van der Waals surface area contributed by atoms with Crippen LogP contribution in [0.5, 0.6) is 5.75 Å².